The van der Waals surface area contributed by atoms with Crippen LogP contribution >= 0.6 is 46.3 Å². The molecule has 0 aliphatic rings. The van der Waals surface area contributed by atoms with Crippen molar-refractivity contribution in [2.45, 2.75) is 10.8 Å². The van der Waals surface area contributed by atoms with Crippen molar-refractivity contribution in [1.29, 1.82) is 10.5 Å². The van der Waals surface area contributed by atoms with Crippen LogP contribution in [0.2, 0.25) is 10.2 Å². The number of pyridine rings is 1. The van der Waals surface area contributed by atoms with Gasteiger partial charge in [0.15, 0.2) is 0 Å². The maximum atomic E-state index is 10.7. The van der Waals surface area contributed by atoms with E-state index in [9.17, 15) is 15.6 Å². The molecule has 0 aliphatic carbocycles. The summed E-state index contributed by atoms with van der Waals surface area (Å²) >= 11 is 15.2. The zero-order valence-corrected chi connectivity index (χ0v) is 21.1. The van der Waals surface area contributed by atoms with Crippen LogP contribution in [0.5, 0.6) is 5.75 Å². The third-order valence-corrected chi connectivity index (χ3v) is 7.31. The number of aromatic nitrogens is 2. The number of rotatable bonds is 8. The quantitative estimate of drug-likeness (QED) is 0.202. The second kappa shape index (κ2) is 11.5. The minimum Gasteiger partial charge on any atom is -0.852 e. The molecule has 6 nitrogen and oxygen atoms in total. The summed E-state index contributed by atoms with van der Waals surface area (Å²) in [7, 11) is 0. The van der Waals surface area contributed by atoms with Crippen LogP contribution in [-0.4, -0.2) is 23.2 Å². The van der Waals surface area contributed by atoms with Crippen molar-refractivity contribution in [2.24, 2.45) is 0 Å². The Hall–Kier alpha value is -3.11. The zero-order chi connectivity index (χ0) is 24.8. The van der Waals surface area contributed by atoms with Crippen molar-refractivity contribution >= 4 is 46.3 Å². The summed E-state index contributed by atoms with van der Waals surface area (Å²) in [6.07, 6.45) is 0. The highest BCUT2D eigenvalue weighted by Crippen LogP contribution is 2.38. The molecule has 0 spiro atoms. The monoisotopic (exact) mass is 537 g/mol. The van der Waals surface area contributed by atoms with Gasteiger partial charge < -0.3 is 9.84 Å². The van der Waals surface area contributed by atoms with Crippen molar-refractivity contribution in [3.63, 3.8) is 0 Å². The number of hydrogen-bond donors (Lipinski definition) is 0. The van der Waals surface area contributed by atoms with Gasteiger partial charge in [-0.3, -0.25) is 0 Å². The number of thioether (sulfide) groups is 1. The van der Waals surface area contributed by atoms with E-state index in [0.717, 1.165) is 16.3 Å². The lowest BCUT2D eigenvalue weighted by atomic mass is 9.97. The molecule has 4 aromatic rings. The molecule has 2 heterocycles. The van der Waals surface area contributed by atoms with Crippen LogP contribution in [0, 0.1) is 22.7 Å². The summed E-state index contributed by atoms with van der Waals surface area (Å²) in [5.74, 6) is 0.992. The Morgan fingerprint density at radius 3 is 2.29 bits per heavy atom. The molecule has 35 heavy (non-hydrogen) atoms. The predicted octanol–water partition coefficient (Wildman–Crippen LogP) is 5.95. The van der Waals surface area contributed by atoms with Crippen LogP contribution in [0.1, 0.15) is 16.8 Å². The van der Waals surface area contributed by atoms with E-state index < -0.39 is 0 Å². The number of nitrogens with zero attached hydrogens (tertiary/aromatic N) is 4. The van der Waals surface area contributed by atoms with E-state index >= 15 is 0 Å². The minimum absolute atomic E-state index is 0.0239. The van der Waals surface area contributed by atoms with Gasteiger partial charge >= 0.3 is 0 Å². The molecule has 0 saturated heterocycles. The molecule has 0 saturated carbocycles. The van der Waals surface area contributed by atoms with Gasteiger partial charge in [0, 0.05) is 27.3 Å². The van der Waals surface area contributed by atoms with Crippen molar-refractivity contribution < 1.29 is 9.84 Å². The number of nitriles is 2. The summed E-state index contributed by atoms with van der Waals surface area (Å²) in [5.41, 5.74) is 3.22. The van der Waals surface area contributed by atoms with E-state index in [1.54, 1.807) is 24.3 Å². The topological polar surface area (TPSA) is 106 Å². The third kappa shape index (κ3) is 5.76. The van der Waals surface area contributed by atoms with Gasteiger partial charge in [0.2, 0.25) is 0 Å². The maximum absolute atomic E-state index is 10.7. The summed E-state index contributed by atoms with van der Waals surface area (Å²) in [5, 5.41) is 34.3. The lowest BCUT2D eigenvalue weighted by Gasteiger charge is -2.13. The Bertz CT molecular complexity index is 1430. The fraction of sp³-hybridized carbons (Fsp3) is 0.120. The molecule has 2 aromatic carbocycles. The Labute approximate surface area is 220 Å². The molecule has 4 rings (SSSR count). The Morgan fingerprint density at radius 1 is 0.943 bits per heavy atom. The molecule has 10 heteroatoms. The molecular formula is C25H15Cl2N4O2S2-. The third-order valence-electron chi connectivity index (χ3n) is 4.84. The molecular weight excluding hydrogens is 523 g/mol. The first-order valence-electron chi connectivity index (χ1n) is 10.2. The molecule has 0 amide bonds. The van der Waals surface area contributed by atoms with Crippen LogP contribution in [0.4, 0.5) is 0 Å². The van der Waals surface area contributed by atoms with Gasteiger partial charge in [-0.25, -0.2) is 9.97 Å². The molecule has 2 aromatic heterocycles. The highest BCUT2D eigenvalue weighted by molar-refractivity contribution is 7.98. The summed E-state index contributed by atoms with van der Waals surface area (Å²) < 4.78 is 5.34. The average Bonchev–Trinajstić information content (AvgIpc) is 3.35. The first-order chi connectivity index (χ1) is 17.0. The van der Waals surface area contributed by atoms with Crippen molar-refractivity contribution in [3.05, 3.63) is 80.9 Å². The molecule has 0 radical (unpaired) electrons. The van der Waals surface area contributed by atoms with Crippen LogP contribution in [0.25, 0.3) is 21.7 Å². The minimum atomic E-state index is -0.348. The largest absolute Gasteiger partial charge is 0.852 e. The van der Waals surface area contributed by atoms with Crippen LogP contribution in [0.15, 0.2) is 58.9 Å². The van der Waals surface area contributed by atoms with Gasteiger partial charge in [-0.05, 0) is 29.8 Å². The predicted molar refractivity (Wildman–Crippen MR) is 137 cm³/mol. The SMILES string of the molecule is N#Cc1c(Cl)nc(SCc2csc(-c3ccc(Cl)cc3)n2)c(C#N)c1-c1ccc(OCC[O-])cc1. The Morgan fingerprint density at radius 2 is 1.63 bits per heavy atom. The fourth-order valence-electron chi connectivity index (χ4n) is 3.25. The number of thiazole rings is 1. The Kier molecular flexibility index (Phi) is 8.25. The normalized spacial score (nSPS) is 10.5. The van der Waals surface area contributed by atoms with E-state index in [0.29, 0.717) is 32.7 Å². The summed E-state index contributed by atoms with van der Waals surface area (Å²) in [6.45, 7) is -0.288. The smallest absolute Gasteiger partial charge is 0.148 e. The lowest BCUT2D eigenvalue weighted by Crippen LogP contribution is -2.14. The van der Waals surface area contributed by atoms with E-state index in [2.05, 4.69) is 22.1 Å². The van der Waals surface area contributed by atoms with Crippen molar-refractivity contribution in [1.82, 2.24) is 9.97 Å². The van der Waals surface area contributed by atoms with Crippen molar-refractivity contribution in [2.75, 3.05) is 13.2 Å². The van der Waals surface area contributed by atoms with E-state index in [1.807, 2.05) is 29.6 Å². The first-order valence-corrected chi connectivity index (χ1v) is 12.8. The second-order valence-electron chi connectivity index (χ2n) is 7.07. The fourth-order valence-corrected chi connectivity index (χ4v) is 5.46. The highest BCUT2D eigenvalue weighted by atomic mass is 35.5. The van der Waals surface area contributed by atoms with Gasteiger partial charge in [-0.2, -0.15) is 10.5 Å². The number of ether oxygens (including phenoxy) is 1. The lowest BCUT2D eigenvalue weighted by molar-refractivity contribution is -0.370. The molecule has 0 fully saturated rings. The Balaban J connectivity index is 1.63. The molecule has 0 aliphatic heterocycles. The van der Waals surface area contributed by atoms with Crippen molar-refractivity contribution in [3.8, 4) is 39.6 Å². The number of halogens is 2. The van der Waals surface area contributed by atoms with E-state index in [1.165, 1.54) is 23.1 Å². The standard InChI is InChI=1S/C25H15Cl2N4O2S2/c26-17-5-1-16(2-6-17)24-30-18(13-34-24)14-35-25-21(12-29)22(20(11-28)23(27)31-25)15-3-7-19(8-4-15)33-10-9-32/h1-8,13H,9-10,14H2/q-1. The van der Waals surface area contributed by atoms with Gasteiger partial charge in [0.25, 0.3) is 0 Å². The average molecular weight is 538 g/mol. The first kappa shape index (κ1) is 25.0. The molecule has 0 N–H and O–H groups in total. The summed E-state index contributed by atoms with van der Waals surface area (Å²) in [4.78, 5) is 9.01. The molecule has 0 atom stereocenters. The number of benzene rings is 2. The highest BCUT2D eigenvalue weighted by Gasteiger charge is 2.21. The maximum Gasteiger partial charge on any atom is 0.148 e. The van der Waals surface area contributed by atoms with Crippen LogP contribution in [-0.2, 0) is 5.75 Å². The molecule has 0 bridgehead atoms. The van der Waals surface area contributed by atoms with Gasteiger partial charge in [0.1, 0.15) is 33.1 Å². The second-order valence-corrected chi connectivity index (χ2v) is 9.69. The van der Waals surface area contributed by atoms with E-state index in [4.69, 9.17) is 27.9 Å². The number of hydrogen-bond acceptors (Lipinski definition) is 8. The van der Waals surface area contributed by atoms with Crippen LogP contribution in [0.3, 0.4) is 0 Å². The molecule has 0 unspecified atom stereocenters. The zero-order valence-electron chi connectivity index (χ0n) is 18.0. The van der Waals surface area contributed by atoms with Gasteiger partial charge in [-0.15, -0.1) is 17.9 Å². The summed E-state index contributed by atoms with van der Waals surface area (Å²) in [6, 6.07) is 18.5. The van der Waals surface area contributed by atoms with Gasteiger partial charge in [-0.1, -0.05) is 59.2 Å². The van der Waals surface area contributed by atoms with Gasteiger partial charge in [0.05, 0.1) is 23.4 Å². The van der Waals surface area contributed by atoms with E-state index in [-0.39, 0.29) is 29.5 Å². The molecule has 174 valence electrons. The van der Waals surface area contributed by atoms with Crippen LogP contribution < -0.4 is 9.84 Å².